The Balaban J connectivity index is 1.71. The minimum Gasteiger partial charge on any atom is -0.366 e. The summed E-state index contributed by atoms with van der Waals surface area (Å²) >= 11 is 0. The molecule has 0 spiro atoms. The summed E-state index contributed by atoms with van der Waals surface area (Å²) < 4.78 is 0. The molecular weight excluding hydrogens is 258 g/mol. The van der Waals surface area contributed by atoms with Crippen molar-refractivity contribution in [2.45, 2.75) is 32.1 Å². The number of pyridine rings is 1. The first-order valence-corrected chi connectivity index (χ1v) is 6.91. The molecule has 0 bridgehead atoms. The van der Waals surface area contributed by atoms with Gasteiger partial charge >= 0.3 is 0 Å². The molecule has 0 atom stereocenters. The van der Waals surface area contributed by atoms with Crippen molar-refractivity contribution in [2.24, 2.45) is 5.92 Å². The molecule has 0 unspecified atom stereocenters. The minimum atomic E-state index is -0.284. The smallest absolute Gasteiger partial charge is 0.226 e. The zero-order valence-electron chi connectivity index (χ0n) is 11.3. The molecule has 1 heterocycles. The lowest BCUT2D eigenvalue weighted by Crippen LogP contribution is -2.32. The summed E-state index contributed by atoms with van der Waals surface area (Å²) in [6, 6.07) is 1.34. The third kappa shape index (κ3) is 3.94. The average Bonchev–Trinajstić information content (AvgIpc) is 2.95. The van der Waals surface area contributed by atoms with Gasteiger partial charge in [0, 0.05) is 37.3 Å². The predicted molar refractivity (Wildman–Crippen MR) is 75.3 cm³/mol. The van der Waals surface area contributed by atoms with Gasteiger partial charge < -0.3 is 15.6 Å². The van der Waals surface area contributed by atoms with E-state index in [1.807, 2.05) is 0 Å². The van der Waals surface area contributed by atoms with E-state index in [0.717, 1.165) is 25.7 Å². The number of hydrogen-bond donors (Lipinski definition) is 3. The molecule has 2 amide bonds. The average molecular weight is 277 g/mol. The fourth-order valence-electron chi connectivity index (χ4n) is 2.36. The number of rotatable bonds is 5. The minimum absolute atomic E-state index is 0.0351. The molecule has 1 fully saturated rings. The number of aromatic amines is 1. The van der Waals surface area contributed by atoms with E-state index in [-0.39, 0.29) is 35.3 Å². The highest BCUT2D eigenvalue weighted by Crippen LogP contribution is 2.24. The zero-order chi connectivity index (χ0) is 14.4. The first-order chi connectivity index (χ1) is 9.66. The van der Waals surface area contributed by atoms with Crippen LogP contribution in [0.5, 0.6) is 0 Å². The molecular formula is C14H19N3O3. The maximum atomic E-state index is 11.7. The van der Waals surface area contributed by atoms with Gasteiger partial charge in [-0.15, -0.1) is 0 Å². The van der Waals surface area contributed by atoms with Crippen LogP contribution in [0.1, 0.15) is 32.1 Å². The van der Waals surface area contributed by atoms with Crippen molar-refractivity contribution in [3.63, 3.8) is 0 Å². The van der Waals surface area contributed by atoms with Crippen LogP contribution < -0.4 is 16.1 Å². The first-order valence-electron chi connectivity index (χ1n) is 6.91. The Hall–Kier alpha value is -2.11. The molecule has 108 valence electrons. The van der Waals surface area contributed by atoms with E-state index in [2.05, 4.69) is 15.6 Å². The third-order valence-electron chi connectivity index (χ3n) is 3.48. The SMILES string of the molecule is O=C(CCNC(=O)C1CCCC1)Nc1c[nH]ccc1=O. The van der Waals surface area contributed by atoms with E-state index < -0.39 is 0 Å². The summed E-state index contributed by atoms with van der Waals surface area (Å²) in [5.41, 5.74) is -0.0216. The van der Waals surface area contributed by atoms with Gasteiger partial charge in [0.2, 0.25) is 17.2 Å². The molecule has 2 rings (SSSR count). The van der Waals surface area contributed by atoms with Crippen LogP contribution in [-0.4, -0.2) is 23.3 Å². The Labute approximate surface area is 117 Å². The second kappa shape index (κ2) is 6.88. The maximum absolute atomic E-state index is 11.7. The summed E-state index contributed by atoms with van der Waals surface area (Å²) in [6.07, 6.45) is 7.20. The number of amides is 2. The Morgan fingerprint density at radius 1 is 1.30 bits per heavy atom. The third-order valence-corrected chi connectivity index (χ3v) is 3.48. The van der Waals surface area contributed by atoms with E-state index in [1.54, 1.807) is 0 Å². The van der Waals surface area contributed by atoms with Crippen LogP contribution in [-0.2, 0) is 9.59 Å². The van der Waals surface area contributed by atoms with Gasteiger partial charge in [-0.2, -0.15) is 0 Å². The van der Waals surface area contributed by atoms with Crippen molar-refractivity contribution in [3.8, 4) is 0 Å². The van der Waals surface area contributed by atoms with Gasteiger partial charge in [-0.3, -0.25) is 14.4 Å². The maximum Gasteiger partial charge on any atom is 0.226 e. The molecule has 6 nitrogen and oxygen atoms in total. The van der Waals surface area contributed by atoms with Crippen molar-refractivity contribution < 1.29 is 9.59 Å². The molecule has 0 saturated heterocycles. The number of anilines is 1. The standard InChI is InChI=1S/C14H19N3O3/c18-12-5-7-15-9-11(12)17-13(19)6-8-16-14(20)10-3-1-2-4-10/h5,7,9-10H,1-4,6,8H2,(H,15,18)(H,16,20)(H,17,19). The van der Waals surface area contributed by atoms with Gasteiger partial charge in [0.15, 0.2) is 0 Å². The Morgan fingerprint density at radius 3 is 2.75 bits per heavy atom. The quantitative estimate of drug-likeness (QED) is 0.750. The summed E-state index contributed by atoms with van der Waals surface area (Å²) in [5.74, 6) is -0.142. The fraction of sp³-hybridized carbons (Fsp3) is 0.500. The highest BCUT2D eigenvalue weighted by Gasteiger charge is 2.22. The van der Waals surface area contributed by atoms with Crippen molar-refractivity contribution in [3.05, 3.63) is 28.7 Å². The lowest BCUT2D eigenvalue weighted by atomic mass is 10.1. The van der Waals surface area contributed by atoms with Gasteiger partial charge in [-0.05, 0) is 12.8 Å². The number of carbonyl (C=O) groups excluding carboxylic acids is 2. The lowest BCUT2D eigenvalue weighted by molar-refractivity contribution is -0.124. The molecule has 20 heavy (non-hydrogen) atoms. The normalized spacial score (nSPS) is 15.0. The number of carbonyl (C=O) groups is 2. The summed E-state index contributed by atoms with van der Waals surface area (Å²) in [6.45, 7) is 0.298. The fourth-order valence-corrected chi connectivity index (χ4v) is 2.36. The molecule has 3 N–H and O–H groups in total. The summed E-state index contributed by atoms with van der Waals surface area (Å²) in [5, 5.41) is 5.29. The number of H-pyrrole nitrogens is 1. The van der Waals surface area contributed by atoms with Crippen molar-refractivity contribution in [1.82, 2.24) is 10.3 Å². The number of hydrogen-bond acceptors (Lipinski definition) is 3. The predicted octanol–water partition coefficient (Wildman–Crippen LogP) is 1.01. The van der Waals surface area contributed by atoms with Gasteiger partial charge in [0.25, 0.3) is 0 Å². The van der Waals surface area contributed by atoms with E-state index in [0.29, 0.717) is 6.54 Å². The highest BCUT2D eigenvalue weighted by molar-refractivity contribution is 5.91. The first kappa shape index (κ1) is 14.3. The van der Waals surface area contributed by atoms with E-state index in [4.69, 9.17) is 0 Å². The van der Waals surface area contributed by atoms with Crippen LogP contribution in [0, 0.1) is 5.92 Å². The lowest BCUT2D eigenvalue weighted by Gasteiger charge is -2.10. The Kier molecular flexibility index (Phi) is 4.92. The van der Waals surface area contributed by atoms with Crippen LogP contribution in [0.3, 0.4) is 0 Å². The van der Waals surface area contributed by atoms with E-state index in [1.165, 1.54) is 18.5 Å². The van der Waals surface area contributed by atoms with Crippen molar-refractivity contribution in [1.29, 1.82) is 0 Å². The molecule has 1 aliphatic rings. The molecule has 1 saturated carbocycles. The molecule has 0 aliphatic heterocycles. The molecule has 1 aromatic rings. The van der Waals surface area contributed by atoms with Gasteiger partial charge in [0.1, 0.15) is 5.69 Å². The zero-order valence-corrected chi connectivity index (χ0v) is 11.3. The largest absolute Gasteiger partial charge is 0.366 e. The highest BCUT2D eigenvalue weighted by atomic mass is 16.2. The van der Waals surface area contributed by atoms with E-state index in [9.17, 15) is 14.4 Å². The van der Waals surface area contributed by atoms with Gasteiger partial charge in [0.05, 0.1) is 0 Å². The number of nitrogens with one attached hydrogen (secondary N) is 3. The van der Waals surface area contributed by atoms with Crippen molar-refractivity contribution in [2.75, 3.05) is 11.9 Å². The molecule has 6 heteroatoms. The summed E-state index contributed by atoms with van der Waals surface area (Å²) in [7, 11) is 0. The Morgan fingerprint density at radius 2 is 2.05 bits per heavy atom. The second-order valence-electron chi connectivity index (χ2n) is 4.99. The van der Waals surface area contributed by atoms with Gasteiger partial charge in [-0.25, -0.2) is 0 Å². The van der Waals surface area contributed by atoms with Crippen LogP contribution in [0.4, 0.5) is 5.69 Å². The molecule has 1 aromatic heterocycles. The second-order valence-corrected chi connectivity index (χ2v) is 4.99. The Bertz CT molecular complexity index is 532. The molecule has 0 radical (unpaired) electrons. The van der Waals surface area contributed by atoms with Gasteiger partial charge in [-0.1, -0.05) is 12.8 Å². The number of aromatic nitrogens is 1. The van der Waals surface area contributed by atoms with Crippen LogP contribution in [0.2, 0.25) is 0 Å². The van der Waals surface area contributed by atoms with E-state index >= 15 is 0 Å². The van der Waals surface area contributed by atoms with Crippen LogP contribution in [0.15, 0.2) is 23.3 Å². The molecule has 1 aliphatic carbocycles. The van der Waals surface area contributed by atoms with Crippen molar-refractivity contribution >= 4 is 17.5 Å². The van der Waals surface area contributed by atoms with Crippen LogP contribution >= 0.6 is 0 Å². The molecule has 0 aromatic carbocycles. The summed E-state index contributed by atoms with van der Waals surface area (Å²) in [4.78, 5) is 37.5. The monoisotopic (exact) mass is 277 g/mol. The topological polar surface area (TPSA) is 91.1 Å². The van der Waals surface area contributed by atoms with Crippen LogP contribution in [0.25, 0.3) is 0 Å².